The first kappa shape index (κ1) is 14.3. The predicted molar refractivity (Wildman–Crippen MR) is 92.0 cm³/mol. The Labute approximate surface area is 139 Å². The van der Waals surface area contributed by atoms with Gasteiger partial charge in [0.05, 0.1) is 11.0 Å². The Kier molecular flexibility index (Phi) is 3.34. The van der Waals surface area contributed by atoms with Gasteiger partial charge in [-0.15, -0.1) is 0 Å². The van der Waals surface area contributed by atoms with Crippen LogP contribution in [0.15, 0.2) is 42.5 Å². The molecule has 0 saturated carbocycles. The molecule has 4 rings (SSSR count). The maximum atomic E-state index is 12.4. The Bertz CT molecular complexity index is 869. The van der Waals surface area contributed by atoms with Gasteiger partial charge in [0.25, 0.3) is 0 Å². The Morgan fingerprint density at radius 2 is 2.09 bits per heavy atom. The number of anilines is 1. The molecule has 23 heavy (non-hydrogen) atoms. The summed E-state index contributed by atoms with van der Waals surface area (Å²) in [6, 6.07) is 13.7. The first-order valence-electron chi connectivity index (χ1n) is 7.63. The number of carbonyl (C=O) groups excluding carboxylic acids is 1. The SMILES string of the molecule is Cc1ccc(N2C[C@H](c3nc4ccccc4[nH]3)CC2=O)cc1Cl. The summed E-state index contributed by atoms with van der Waals surface area (Å²) in [5, 5.41) is 0.683. The maximum Gasteiger partial charge on any atom is 0.227 e. The number of imidazole rings is 1. The van der Waals surface area contributed by atoms with Gasteiger partial charge >= 0.3 is 0 Å². The van der Waals surface area contributed by atoms with Gasteiger partial charge in [-0.2, -0.15) is 0 Å². The third-order valence-corrected chi connectivity index (χ3v) is 4.79. The summed E-state index contributed by atoms with van der Waals surface area (Å²) in [6.07, 6.45) is 0.464. The second-order valence-corrected chi connectivity index (χ2v) is 6.39. The molecule has 1 aromatic heterocycles. The van der Waals surface area contributed by atoms with E-state index in [1.54, 1.807) is 4.90 Å². The third kappa shape index (κ3) is 2.49. The topological polar surface area (TPSA) is 49.0 Å². The molecule has 1 N–H and O–H groups in total. The lowest BCUT2D eigenvalue weighted by molar-refractivity contribution is -0.117. The van der Waals surface area contributed by atoms with Crippen LogP contribution in [-0.2, 0) is 4.79 Å². The van der Waals surface area contributed by atoms with E-state index in [-0.39, 0.29) is 11.8 Å². The summed E-state index contributed by atoms with van der Waals surface area (Å²) >= 11 is 6.19. The van der Waals surface area contributed by atoms with Crippen LogP contribution in [0.5, 0.6) is 0 Å². The molecule has 1 aliphatic rings. The van der Waals surface area contributed by atoms with E-state index in [0.29, 0.717) is 18.0 Å². The number of carbonyl (C=O) groups is 1. The highest BCUT2D eigenvalue weighted by Crippen LogP contribution is 2.33. The first-order valence-corrected chi connectivity index (χ1v) is 8.01. The van der Waals surface area contributed by atoms with E-state index in [2.05, 4.69) is 9.97 Å². The number of aryl methyl sites for hydroxylation is 1. The molecule has 0 bridgehead atoms. The number of halogens is 1. The Morgan fingerprint density at radius 1 is 1.26 bits per heavy atom. The van der Waals surface area contributed by atoms with Crippen molar-refractivity contribution in [2.45, 2.75) is 19.3 Å². The quantitative estimate of drug-likeness (QED) is 0.773. The number of hydrogen-bond acceptors (Lipinski definition) is 2. The van der Waals surface area contributed by atoms with Gasteiger partial charge in [-0.1, -0.05) is 29.8 Å². The molecule has 4 nitrogen and oxygen atoms in total. The van der Waals surface area contributed by atoms with Crippen LogP contribution in [0.2, 0.25) is 5.02 Å². The summed E-state index contributed by atoms with van der Waals surface area (Å²) in [4.78, 5) is 22.2. The van der Waals surface area contributed by atoms with Gasteiger partial charge in [-0.3, -0.25) is 4.79 Å². The number of benzene rings is 2. The lowest BCUT2D eigenvalue weighted by atomic mass is 10.1. The number of nitrogens with zero attached hydrogens (tertiary/aromatic N) is 2. The number of aromatic amines is 1. The molecular weight excluding hydrogens is 310 g/mol. The van der Waals surface area contributed by atoms with Gasteiger partial charge in [0, 0.05) is 29.6 Å². The van der Waals surface area contributed by atoms with Crippen LogP contribution in [0.1, 0.15) is 23.7 Å². The van der Waals surface area contributed by atoms with Gasteiger partial charge in [-0.25, -0.2) is 4.98 Å². The maximum absolute atomic E-state index is 12.4. The number of fused-ring (bicyclic) bond motifs is 1. The number of aromatic nitrogens is 2. The van der Waals surface area contributed by atoms with Crippen LogP contribution in [0.3, 0.4) is 0 Å². The Morgan fingerprint density at radius 3 is 2.87 bits per heavy atom. The van der Waals surface area contributed by atoms with Crippen molar-refractivity contribution in [3.63, 3.8) is 0 Å². The molecule has 0 radical (unpaired) electrons. The van der Waals surface area contributed by atoms with Gasteiger partial charge in [0.1, 0.15) is 5.82 Å². The fourth-order valence-electron chi connectivity index (χ4n) is 3.06. The smallest absolute Gasteiger partial charge is 0.227 e. The average Bonchev–Trinajstić information content (AvgIpc) is 3.13. The molecule has 0 unspecified atom stereocenters. The molecule has 1 saturated heterocycles. The number of para-hydroxylation sites is 2. The van der Waals surface area contributed by atoms with Crippen LogP contribution in [0.25, 0.3) is 11.0 Å². The van der Waals surface area contributed by atoms with Crippen molar-refractivity contribution in [1.82, 2.24) is 9.97 Å². The second kappa shape index (κ2) is 5.39. The Hall–Kier alpha value is -2.33. The highest BCUT2D eigenvalue weighted by molar-refractivity contribution is 6.31. The highest BCUT2D eigenvalue weighted by atomic mass is 35.5. The van der Waals surface area contributed by atoms with Crippen LogP contribution in [0.4, 0.5) is 5.69 Å². The van der Waals surface area contributed by atoms with E-state index in [9.17, 15) is 4.79 Å². The van der Waals surface area contributed by atoms with Crippen LogP contribution >= 0.6 is 11.6 Å². The number of nitrogens with one attached hydrogen (secondary N) is 1. The summed E-state index contributed by atoms with van der Waals surface area (Å²) < 4.78 is 0. The zero-order valence-electron chi connectivity index (χ0n) is 12.7. The molecule has 1 atom stereocenters. The minimum absolute atomic E-state index is 0.0787. The molecule has 2 heterocycles. The summed E-state index contributed by atoms with van der Waals surface area (Å²) in [5.41, 5.74) is 3.80. The standard InChI is InChI=1S/C18H16ClN3O/c1-11-6-7-13(9-14(11)19)22-10-12(8-17(22)23)18-20-15-4-2-3-5-16(15)21-18/h2-7,9,12H,8,10H2,1H3,(H,20,21)/t12-/m1/s1. The normalized spacial score (nSPS) is 18.1. The molecule has 2 aromatic carbocycles. The lowest BCUT2D eigenvalue weighted by Gasteiger charge is -2.17. The van der Waals surface area contributed by atoms with Gasteiger partial charge in [0.2, 0.25) is 5.91 Å². The Balaban J connectivity index is 1.63. The number of H-pyrrole nitrogens is 1. The zero-order chi connectivity index (χ0) is 16.0. The van der Waals surface area contributed by atoms with Crippen molar-refractivity contribution < 1.29 is 4.79 Å². The fourth-order valence-corrected chi connectivity index (χ4v) is 3.23. The number of rotatable bonds is 2. The summed E-state index contributed by atoms with van der Waals surface area (Å²) in [6.45, 7) is 2.58. The number of amides is 1. The third-order valence-electron chi connectivity index (χ3n) is 4.39. The molecule has 1 fully saturated rings. The minimum Gasteiger partial charge on any atom is -0.342 e. The van der Waals surface area contributed by atoms with E-state index in [4.69, 9.17) is 11.6 Å². The zero-order valence-corrected chi connectivity index (χ0v) is 13.5. The van der Waals surface area contributed by atoms with E-state index >= 15 is 0 Å². The minimum atomic E-state index is 0.0787. The number of hydrogen-bond donors (Lipinski definition) is 1. The van der Waals surface area contributed by atoms with Gasteiger partial charge < -0.3 is 9.88 Å². The highest BCUT2D eigenvalue weighted by Gasteiger charge is 2.33. The average molecular weight is 326 g/mol. The van der Waals surface area contributed by atoms with E-state index < -0.39 is 0 Å². The largest absolute Gasteiger partial charge is 0.342 e. The van der Waals surface area contributed by atoms with Crippen molar-refractivity contribution in [3.8, 4) is 0 Å². The molecule has 116 valence electrons. The molecule has 1 amide bonds. The van der Waals surface area contributed by atoms with E-state index in [0.717, 1.165) is 28.1 Å². The fraction of sp³-hybridized carbons (Fsp3) is 0.222. The van der Waals surface area contributed by atoms with Gasteiger partial charge in [0.15, 0.2) is 0 Å². The van der Waals surface area contributed by atoms with Crippen LogP contribution in [-0.4, -0.2) is 22.4 Å². The first-order chi connectivity index (χ1) is 11.1. The molecule has 3 aromatic rings. The van der Waals surface area contributed by atoms with Crippen molar-refractivity contribution in [2.75, 3.05) is 11.4 Å². The van der Waals surface area contributed by atoms with Crippen LogP contribution < -0.4 is 4.90 Å². The summed E-state index contributed by atoms with van der Waals surface area (Å²) in [5.74, 6) is 1.06. The summed E-state index contributed by atoms with van der Waals surface area (Å²) in [7, 11) is 0. The molecule has 5 heteroatoms. The van der Waals surface area contributed by atoms with Gasteiger partial charge in [-0.05, 0) is 36.8 Å². The van der Waals surface area contributed by atoms with Crippen molar-refractivity contribution in [1.29, 1.82) is 0 Å². The van der Waals surface area contributed by atoms with Crippen molar-refractivity contribution >= 4 is 34.2 Å². The molecule has 0 spiro atoms. The monoisotopic (exact) mass is 325 g/mol. The molecular formula is C18H16ClN3O. The predicted octanol–water partition coefficient (Wildman–Crippen LogP) is 4.05. The lowest BCUT2D eigenvalue weighted by Crippen LogP contribution is -2.24. The van der Waals surface area contributed by atoms with Crippen molar-refractivity contribution in [2.24, 2.45) is 0 Å². The second-order valence-electron chi connectivity index (χ2n) is 5.98. The van der Waals surface area contributed by atoms with E-state index in [1.165, 1.54) is 0 Å². The van der Waals surface area contributed by atoms with Crippen molar-refractivity contribution in [3.05, 3.63) is 58.9 Å². The van der Waals surface area contributed by atoms with E-state index in [1.807, 2.05) is 49.4 Å². The molecule has 1 aliphatic heterocycles. The van der Waals surface area contributed by atoms with Crippen LogP contribution in [0, 0.1) is 6.92 Å². The molecule has 0 aliphatic carbocycles.